The summed E-state index contributed by atoms with van der Waals surface area (Å²) in [6.45, 7) is 3.42. The van der Waals surface area contributed by atoms with Gasteiger partial charge in [0.1, 0.15) is 0 Å². The highest BCUT2D eigenvalue weighted by Crippen LogP contribution is 2.12. The summed E-state index contributed by atoms with van der Waals surface area (Å²) >= 11 is 0. The monoisotopic (exact) mass is 122 g/mol. The van der Waals surface area contributed by atoms with Crippen molar-refractivity contribution in [2.45, 2.75) is 0 Å². The van der Waals surface area contributed by atoms with Crippen LogP contribution in [-0.2, 0) is 9.09 Å². The SMILES string of the molecule is C=CCO[PH](=O)O. The smallest absolute Gasteiger partial charge is 0.316 e. The maximum absolute atomic E-state index is 9.67. The Labute approximate surface area is 42.6 Å². The van der Waals surface area contributed by atoms with Gasteiger partial charge in [-0.05, 0) is 0 Å². The van der Waals surface area contributed by atoms with Gasteiger partial charge in [0.05, 0.1) is 6.61 Å². The van der Waals surface area contributed by atoms with Crippen molar-refractivity contribution in [3.8, 4) is 0 Å². The van der Waals surface area contributed by atoms with Crippen molar-refractivity contribution in [1.82, 2.24) is 0 Å². The van der Waals surface area contributed by atoms with Crippen LogP contribution in [0.25, 0.3) is 0 Å². The lowest BCUT2D eigenvalue weighted by atomic mass is 10.7. The van der Waals surface area contributed by atoms with E-state index < -0.39 is 8.25 Å². The predicted molar refractivity (Wildman–Crippen MR) is 27.4 cm³/mol. The van der Waals surface area contributed by atoms with Crippen molar-refractivity contribution in [2.24, 2.45) is 0 Å². The molecule has 0 aromatic heterocycles. The van der Waals surface area contributed by atoms with Gasteiger partial charge in [0.15, 0.2) is 0 Å². The topological polar surface area (TPSA) is 46.5 Å². The normalized spacial score (nSPS) is 13.3. The van der Waals surface area contributed by atoms with Gasteiger partial charge in [-0.2, -0.15) is 0 Å². The summed E-state index contributed by atoms with van der Waals surface area (Å²) in [6.07, 6.45) is 1.42. The van der Waals surface area contributed by atoms with E-state index in [9.17, 15) is 4.57 Å². The van der Waals surface area contributed by atoms with Gasteiger partial charge in [-0.15, -0.1) is 6.58 Å². The van der Waals surface area contributed by atoms with Crippen LogP contribution in [0.3, 0.4) is 0 Å². The molecule has 0 aliphatic heterocycles. The van der Waals surface area contributed by atoms with E-state index in [1.54, 1.807) is 0 Å². The fourth-order valence-corrected chi connectivity index (χ4v) is 0.391. The fraction of sp³-hybridized carbons (Fsp3) is 0.333. The molecule has 0 amide bonds. The maximum atomic E-state index is 9.67. The third-order valence-electron chi connectivity index (χ3n) is 0.325. The number of rotatable bonds is 3. The minimum Gasteiger partial charge on any atom is -0.326 e. The van der Waals surface area contributed by atoms with Crippen molar-refractivity contribution < 1.29 is 14.0 Å². The van der Waals surface area contributed by atoms with Crippen molar-refractivity contribution in [3.05, 3.63) is 12.7 Å². The summed E-state index contributed by atoms with van der Waals surface area (Å²) in [5, 5.41) is 0. The van der Waals surface area contributed by atoms with Gasteiger partial charge in [0.2, 0.25) is 0 Å². The van der Waals surface area contributed by atoms with Crippen molar-refractivity contribution in [2.75, 3.05) is 6.61 Å². The largest absolute Gasteiger partial charge is 0.326 e. The second-order valence-corrected chi connectivity index (χ2v) is 1.69. The zero-order chi connectivity index (χ0) is 5.70. The maximum Gasteiger partial charge on any atom is 0.316 e. The van der Waals surface area contributed by atoms with E-state index >= 15 is 0 Å². The third-order valence-corrected chi connectivity index (χ3v) is 0.738. The van der Waals surface area contributed by atoms with Crippen LogP contribution in [0.5, 0.6) is 0 Å². The average molecular weight is 122 g/mol. The van der Waals surface area contributed by atoms with E-state index in [0.717, 1.165) is 0 Å². The fourth-order valence-electron chi connectivity index (χ4n) is 0.130. The first-order valence-corrected chi connectivity index (χ1v) is 3.00. The molecule has 7 heavy (non-hydrogen) atoms. The van der Waals surface area contributed by atoms with Gasteiger partial charge in [-0.25, -0.2) is 0 Å². The van der Waals surface area contributed by atoms with E-state index in [0.29, 0.717) is 0 Å². The summed E-state index contributed by atoms with van der Waals surface area (Å²) in [5.41, 5.74) is 0. The number of hydrogen-bond donors (Lipinski definition) is 1. The Hall–Kier alpha value is -0.110. The highest BCUT2D eigenvalue weighted by Gasteiger charge is 1.83. The first-order chi connectivity index (χ1) is 3.27. The van der Waals surface area contributed by atoms with E-state index in [4.69, 9.17) is 4.89 Å². The molecule has 3 nitrogen and oxygen atoms in total. The van der Waals surface area contributed by atoms with Crippen LogP contribution in [0.1, 0.15) is 0 Å². The molecule has 0 saturated heterocycles. The molecule has 42 valence electrons. The molecule has 0 aromatic carbocycles. The molecule has 1 atom stereocenters. The van der Waals surface area contributed by atoms with Gasteiger partial charge in [0, 0.05) is 0 Å². The Morgan fingerprint density at radius 3 is 2.71 bits per heavy atom. The summed E-state index contributed by atoms with van der Waals surface area (Å²) in [6, 6.07) is 0. The molecule has 4 heteroatoms. The molecule has 0 aliphatic rings. The molecular formula is C3H7O3P. The van der Waals surface area contributed by atoms with Crippen LogP contribution in [-0.4, -0.2) is 11.5 Å². The number of hydrogen-bond acceptors (Lipinski definition) is 2. The molecule has 1 unspecified atom stereocenters. The Morgan fingerprint density at radius 1 is 2.00 bits per heavy atom. The summed E-state index contributed by atoms with van der Waals surface area (Å²) in [4.78, 5) is 7.96. The van der Waals surface area contributed by atoms with Crippen molar-refractivity contribution in [1.29, 1.82) is 0 Å². The molecule has 0 fully saturated rings. The lowest BCUT2D eigenvalue weighted by Gasteiger charge is -1.88. The first kappa shape index (κ1) is 6.89. The standard InChI is InChI=1S/C3H7O3P/c1-2-3-6-7(4)5/h2,7H,1,3H2,(H,4,5). The third kappa shape index (κ3) is 5.89. The average Bonchev–Trinajstić information content (AvgIpc) is 1.61. The Kier molecular flexibility index (Phi) is 4.00. The zero-order valence-electron chi connectivity index (χ0n) is 3.76. The minimum absolute atomic E-state index is 0.147. The van der Waals surface area contributed by atoms with Crippen molar-refractivity contribution in [3.63, 3.8) is 0 Å². The van der Waals surface area contributed by atoms with E-state index in [-0.39, 0.29) is 6.61 Å². The van der Waals surface area contributed by atoms with E-state index in [1.807, 2.05) is 0 Å². The quantitative estimate of drug-likeness (QED) is 0.439. The van der Waals surface area contributed by atoms with Gasteiger partial charge in [-0.1, -0.05) is 6.08 Å². The summed E-state index contributed by atoms with van der Waals surface area (Å²) in [7, 11) is -2.72. The summed E-state index contributed by atoms with van der Waals surface area (Å²) < 4.78 is 13.8. The molecular weight excluding hydrogens is 115 g/mol. The molecule has 0 bridgehead atoms. The highest BCUT2D eigenvalue weighted by molar-refractivity contribution is 7.32. The zero-order valence-corrected chi connectivity index (χ0v) is 4.76. The molecule has 0 spiro atoms. The van der Waals surface area contributed by atoms with Gasteiger partial charge in [-0.3, -0.25) is 4.57 Å². The van der Waals surface area contributed by atoms with Crippen molar-refractivity contribution >= 4 is 8.25 Å². The molecule has 0 saturated carbocycles. The van der Waals surface area contributed by atoms with Crippen LogP contribution in [0.15, 0.2) is 12.7 Å². The Balaban J connectivity index is 2.97. The highest BCUT2D eigenvalue weighted by atomic mass is 31.1. The molecule has 0 aliphatic carbocycles. The first-order valence-electron chi connectivity index (χ1n) is 1.74. The molecule has 1 N–H and O–H groups in total. The minimum atomic E-state index is -2.72. The van der Waals surface area contributed by atoms with E-state index in [2.05, 4.69) is 11.1 Å². The molecule has 0 heterocycles. The lowest BCUT2D eigenvalue weighted by molar-refractivity contribution is 0.312. The van der Waals surface area contributed by atoms with E-state index in [1.165, 1.54) is 6.08 Å². The van der Waals surface area contributed by atoms with Gasteiger partial charge in [0.25, 0.3) is 0 Å². The van der Waals surface area contributed by atoms with Gasteiger partial charge < -0.3 is 9.42 Å². The Morgan fingerprint density at radius 2 is 2.57 bits per heavy atom. The van der Waals surface area contributed by atoms with Gasteiger partial charge >= 0.3 is 8.25 Å². The van der Waals surface area contributed by atoms with Crippen LogP contribution in [0, 0.1) is 0 Å². The summed E-state index contributed by atoms with van der Waals surface area (Å²) in [5.74, 6) is 0. The van der Waals surface area contributed by atoms with Crippen LogP contribution in [0.2, 0.25) is 0 Å². The second-order valence-electron chi connectivity index (χ2n) is 0.866. The van der Waals surface area contributed by atoms with Crippen LogP contribution >= 0.6 is 8.25 Å². The lowest BCUT2D eigenvalue weighted by Crippen LogP contribution is -1.75. The molecule has 0 aromatic rings. The predicted octanol–water partition coefficient (Wildman–Crippen LogP) is 0.571. The second kappa shape index (κ2) is 4.06. The molecule has 0 rings (SSSR count). The van der Waals surface area contributed by atoms with Crippen LogP contribution in [0.4, 0.5) is 0 Å². The van der Waals surface area contributed by atoms with Crippen LogP contribution < -0.4 is 0 Å². The molecule has 0 radical (unpaired) electrons. The Bertz CT molecular complexity index is 80.2.